The van der Waals surface area contributed by atoms with Gasteiger partial charge in [0.25, 0.3) is 10.0 Å². The zero-order valence-electron chi connectivity index (χ0n) is 16.4. The van der Waals surface area contributed by atoms with Crippen molar-refractivity contribution in [2.45, 2.75) is 11.4 Å². The average molecular weight is 459 g/mol. The number of hydrogen-bond donors (Lipinski definition) is 0. The van der Waals surface area contributed by atoms with Crippen LogP contribution in [-0.4, -0.2) is 53.8 Å². The first-order valence-corrected chi connectivity index (χ1v) is 11.6. The van der Waals surface area contributed by atoms with Crippen molar-refractivity contribution in [1.82, 2.24) is 19.1 Å². The fourth-order valence-electron chi connectivity index (χ4n) is 3.62. The summed E-state index contributed by atoms with van der Waals surface area (Å²) in [5, 5.41) is 5.10. The van der Waals surface area contributed by atoms with E-state index in [2.05, 4.69) is 15.0 Å². The van der Waals surface area contributed by atoms with Crippen LogP contribution in [0.15, 0.2) is 64.2 Å². The molecule has 160 valence electrons. The first-order chi connectivity index (χ1) is 15.0. The Labute approximate surface area is 184 Å². The molecule has 0 aliphatic carbocycles. The molecule has 2 aromatic heterocycles. The number of hydrogen-bond acceptors (Lipinski definition) is 7. The van der Waals surface area contributed by atoms with Gasteiger partial charge in [-0.25, -0.2) is 4.98 Å². The Morgan fingerprint density at radius 1 is 1.06 bits per heavy atom. The van der Waals surface area contributed by atoms with Crippen molar-refractivity contribution in [1.29, 1.82) is 0 Å². The molecular formula is C21H19ClN4O4S. The summed E-state index contributed by atoms with van der Waals surface area (Å²) in [6.07, 6.45) is 3.18. The highest BCUT2D eigenvalue weighted by Crippen LogP contribution is 2.33. The highest BCUT2D eigenvalue weighted by molar-refractivity contribution is 7.90. The van der Waals surface area contributed by atoms with E-state index < -0.39 is 10.0 Å². The van der Waals surface area contributed by atoms with Gasteiger partial charge < -0.3 is 9.15 Å². The van der Waals surface area contributed by atoms with Crippen molar-refractivity contribution >= 4 is 32.5 Å². The Bertz CT molecular complexity index is 1330. The Hall–Kier alpha value is -2.72. The van der Waals surface area contributed by atoms with Crippen LogP contribution < -0.4 is 0 Å². The third kappa shape index (κ3) is 3.85. The summed E-state index contributed by atoms with van der Waals surface area (Å²) in [6, 6.07) is 11.4. The smallest absolute Gasteiger partial charge is 0.283 e. The minimum Gasteiger partial charge on any atom is -0.440 e. The van der Waals surface area contributed by atoms with Crippen LogP contribution in [-0.2, 0) is 21.3 Å². The molecule has 0 saturated carbocycles. The van der Waals surface area contributed by atoms with E-state index in [1.807, 2.05) is 0 Å². The maximum absolute atomic E-state index is 13.1. The summed E-state index contributed by atoms with van der Waals surface area (Å²) < 4.78 is 38.5. The fourth-order valence-corrected chi connectivity index (χ4v) is 5.11. The number of fused-ring (bicyclic) bond motifs is 1. The third-order valence-electron chi connectivity index (χ3n) is 5.16. The van der Waals surface area contributed by atoms with Gasteiger partial charge in [-0.15, -0.1) is 0 Å². The summed E-state index contributed by atoms with van der Waals surface area (Å²) in [4.78, 5) is 6.77. The lowest BCUT2D eigenvalue weighted by Crippen LogP contribution is -2.35. The molecule has 0 radical (unpaired) electrons. The minimum absolute atomic E-state index is 0.144. The zero-order chi connectivity index (χ0) is 21.4. The van der Waals surface area contributed by atoms with Gasteiger partial charge in [-0.1, -0.05) is 29.8 Å². The predicted molar refractivity (Wildman–Crippen MR) is 115 cm³/mol. The van der Waals surface area contributed by atoms with Crippen molar-refractivity contribution in [3.63, 3.8) is 0 Å². The zero-order valence-corrected chi connectivity index (χ0v) is 18.0. The predicted octanol–water partition coefficient (Wildman–Crippen LogP) is 3.41. The maximum Gasteiger partial charge on any atom is 0.283 e. The monoisotopic (exact) mass is 458 g/mol. The number of nitrogens with zero attached hydrogens (tertiary/aromatic N) is 4. The highest BCUT2D eigenvalue weighted by Gasteiger charge is 2.23. The van der Waals surface area contributed by atoms with E-state index in [4.69, 9.17) is 20.8 Å². The molecule has 8 nitrogen and oxygen atoms in total. The van der Waals surface area contributed by atoms with E-state index in [1.54, 1.807) is 36.5 Å². The van der Waals surface area contributed by atoms with Crippen LogP contribution in [0.3, 0.4) is 0 Å². The van der Waals surface area contributed by atoms with Gasteiger partial charge in [-0.3, -0.25) is 4.90 Å². The van der Waals surface area contributed by atoms with Gasteiger partial charge in [0.1, 0.15) is 5.76 Å². The minimum atomic E-state index is -3.87. The molecule has 1 aliphatic heterocycles. The lowest BCUT2D eigenvalue weighted by atomic mass is 10.1. The van der Waals surface area contributed by atoms with E-state index in [0.717, 1.165) is 17.2 Å². The Morgan fingerprint density at radius 3 is 2.61 bits per heavy atom. The standard InChI is InChI=1S/C21H19ClN4O4S/c22-15-10-18(21-23-12-16(30-21)14-25-6-8-29-9-7-25)19-13-24-26(20(19)11-15)31(27,28)17-4-2-1-3-5-17/h1-5,10-13H,6-9,14H2. The van der Waals surface area contributed by atoms with E-state index in [-0.39, 0.29) is 4.90 Å². The molecule has 1 aliphatic rings. The van der Waals surface area contributed by atoms with Crippen molar-refractivity contribution < 1.29 is 17.6 Å². The van der Waals surface area contributed by atoms with E-state index in [0.29, 0.717) is 52.9 Å². The average Bonchev–Trinajstić information content (AvgIpc) is 3.42. The number of aromatic nitrogens is 3. The van der Waals surface area contributed by atoms with Gasteiger partial charge in [0, 0.05) is 29.1 Å². The second-order valence-electron chi connectivity index (χ2n) is 7.21. The van der Waals surface area contributed by atoms with Crippen molar-refractivity contribution in [3.8, 4) is 11.5 Å². The molecule has 4 aromatic rings. The fraction of sp³-hybridized carbons (Fsp3) is 0.238. The number of ether oxygens (including phenoxy) is 1. The molecule has 0 N–H and O–H groups in total. The molecule has 2 aromatic carbocycles. The summed E-state index contributed by atoms with van der Waals surface area (Å²) in [5.41, 5.74) is 0.949. The molecule has 31 heavy (non-hydrogen) atoms. The van der Waals surface area contributed by atoms with E-state index >= 15 is 0 Å². The number of rotatable bonds is 5. The van der Waals surface area contributed by atoms with Crippen LogP contribution in [0.2, 0.25) is 5.02 Å². The Kier molecular flexibility index (Phi) is 5.27. The second kappa shape index (κ2) is 8.08. The number of benzene rings is 2. The van der Waals surface area contributed by atoms with Crippen LogP contribution in [0.5, 0.6) is 0 Å². The number of oxazole rings is 1. The van der Waals surface area contributed by atoms with E-state index in [9.17, 15) is 8.42 Å². The molecule has 0 bridgehead atoms. The molecule has 0 spiro atoms. The van der Waals surface area contributed by atoms with Crippen molar-refractivity contribution in [3.05, 3.63) is 65.6 Å². The summed E-state index contributed by atoms with van der Waals surface area (Å²) in [6.45, 7) is 3.70. The van der Waals surface area contributed by atoms with Crippen LogP contribution in [0.1, 0.15) is 5.76 Å². The largest absolute Gasteiger partial charge is 0.440 e. The Balaban J connectivity index is 1.54. The van der Waals surface area contributed by atoms with Crippen LogP contribution in [0, 0.1) is 0 Å². The molecular weight excluding hydrogens is 440 g/mol. The van der Waals surface area contributed by atoms with Gasteiger partial charge in [-0.05, 0) is 24.3 Å². The SMILES string of the molecule is O=S(=O)(c1ccccc1)n1ncc2c(-c3ncc(CN4CCOCC4)o3)cc(Cl)cc21. The van der Waals surface area contributed by atoms with Crippen LogP contribution >= 0.6 is 11.6 Å². The van der Waals surface area contributed by atoms with Crippen LogP contribution in [0.4, 0.5) is 0 Å². The van der Waals surface area contributed by atoms with Gasteiger partial charge in [0.15, 0.2) is 0 Å². The molecule has 0 atom stereocenters. The van der Waals surface area contributed by atoms with E-state index in [1.165, 1.54) is 18.3 Å². The summed E-state index contributed by atoms with van der Waals surface area (Å²) in [5.74, 6) is 1.08. The molecule has 3 heterocycles. The highest BCUT2D eigenvalue weighted by atomic mass is 35.5. The van der Waals surface area contributed by atoms with Gasteiger partial charge in [-0.2, -0.15) is 17.6 Å². The first kappa shape index (κ1) is 20.2. The van der Waals surface area contributed by atoms with Gasteiger partial charge in [0.05, 0.1) is 42.6 Å². The molecule has 5 rings (SSSR count). The molecule has 0 unspecified atom stereocenters. The van der Waals surface area contributed by atoms with Crippen LogP contribution in [0.25, 0.3) is 22.4 Å². The third-order valence-corrected chi connectivity index (χ3v) is 6.99. The summed E-state index contributed by atoms with van der Waals surface area (Å²) in [7, 11) is -3.87. The van der Waals surface area contributed by atoms with Gasteiger partial charge in [0.2, 0.25) is 5.89 Å². The number of morpholine rings is 1. The van der Waals surface area contributed by atoms with Gasteiger partial charge >= 0.3 is 0 Å². The first-order valence-electron chi connectivity index (χ1n) is 9.75. The molecule has 0 amide bonds. The normalized spacial score (nSPS) is 15.5. The quantitative estimate of drug-likeness (QED) is 0.452. The Morgan fingerprint density at radius 2 is 1.84 bits per heavy atom. The molecule has 1 fully saturated rings. The lowest BCUT2D eigenvalue weighted by Gasteiger charge is -2.25. The van der Waals surface area contributed by atoms with Crippen molar-refractivity contribution in [2.24, 2.45) is 0 Å². The molecule has 1 saturated heterocycles. The van der Waals surface area contributed by atoms with Crippen molar-refractivity contribution in [2.75, 3.05) is 26.3 Å². The maximum atomic E-state index is 13.1. The summed E-state index contributed by atoms with van der Waals surface area (Å²) >= 11 is 6.33. The topological polar surface area (TPSA) is 90.5 Å². The lowest BCUT2D eigenvalue weighted by molar-refractivity contribution is 0.0314. The molecule has 10 heteroatoms. The number of halogens is 1. The second-order valence-corrected chi connectivity index (χ2v) is 9.42.